The minimum absolute atomic E-state index is 0.131. The van der Waals surface area contributed by atoms with Gasteiger partial charge < -0.3 is 20.7 Å². The number of amides is 2. The first kappa shape index (κ1) is 26.5. The van der Waals surface area contributed by atoms with Crippen molar-refractivity contribution in [1.82, 2.24) is 30.5 Å². The van der Waals surface area contributed by atoms with E-state index in [-0.39, 0.29) is 18.4 Å². The Balaban J connectivity index is 1.24. The van der Waals surface area contributed by atoms with Gasteiger partial charge in [-0.25, -0.2) is 14.8 Å². The van der Waals surface area contributed by atoms with E-state index >= 15 is 0 Å². The van der Waals surface area contributed by atoms with E-state index in [0.29, 0.717) is 36.2 Å². The first-order chi connectivity index (χ1) is 19.0. The van der Waals surface area contributed by atoms with Gasteiger partial charge in [0.1, 0.15) is 12.1 Å². The number of anilines is 2. The van der Waals surface area contributed by atoms with Crippen LogP contribution < -0.4 is 16.0 Å². The molecule has 10 nitrogen and oxygen atoms in total. The molecule has 0 spiro atoms. The predicted molar refractivity (Wildman–Crippen MR) is 150 cm³/mol. The summed E-state index contributed by atoms with van der Waals surface area (Å²) in [5, 5.41) is 10.1. The van der Waals surface area contributed by atoms with Crippen LogP contribution in [0.25, 0.3) is 22.0 Å². The molecule has 2 amide bonds. The van der Waals surface area contributed by atoms with E-state index in [9.17, 15) is 9.59 Å². The number of aromatic nitrogens is 3. The van der Waals surface area contributed by atoms with Crippen LogP contribution in [-0.2, 0) is 4.74 Å². The molecule has 0 unspecified atom stereocenters. The Hall–Kier alpha value is -4.12. The van der Waals surface area contributed by atoms with E-state index in [0.717, 1.165) is 47.4 Å². The second kappa shape index (κ2) is 12.6. The van der Waals surface area contributed by atoms with Crippen LogP contribution in [0.3, 0.4) is 0 Å². The highest BCUT2D eigenvalue weighted by molar-refractivity contribution is 6.30. The van der Waals surface area contributed by atoms with Crippen LogP contribution in [0.5, 0.6) is 0 Å². The number of morpholine rings is 1. The Morgan fingerprint density at radius 2 is 1.85 bits per heavy atom. The summed E-state index contributed by atoms with van der Waals surface area (Å²) in [4.78, 5) is 40.2. The summed E-state index contributed by atoms with van der Waals surface area (Å²) in [5.41, 5.74) is 3.59. The van der Waals surface area contributed by atoms with Gasteiger partial charge in [-0.15, -0.1) is 0 Å². The van der Waals surface area contributed by atoms with Gasteiger partial charge in [0, 0.05) is 65.8 Å². The number of nitrogens with one attached hydrogen (secondary N) is 3. The normalized spacial score (nSPS) is 13.7. The third-order valence-corrected chi connectivity index (χ3v) is 6.58. The largest absolute Gasteiger partial charge is 0.379 e. The summed E-state index contributed by atoms with van der Waals surface area (Å²) >= 11 is 6.13. The lowest BCUT2D eigenvalue weighted by atomic mass is 10.0. The van der Waals surface area contributed by atoms with Crippen molar-refractivity contribution < 1.29 is 14.3 Å². The minimum Gasteiger partial charge on any atom is -0.379 e. The van der Waals surface area contributed by atoms with E-state index < -0.39 is 0 Å². The number of rotatable bonds is 9. The number of carbonyl (C=O) groups is 2. The molecule has 200 valence electrons. The maximum atomic E-state index is 12.8. The van der Waals surface area contributed by atoms with Crippen molar-refractivity contribution in [2.45, 2.75) is 0 Å². The fourth-order valence-electron chi connectivity index (χ4n) is 4.27. The van der Waals surface area contributed by atoms with Crippen molar-refractivity contribution in [2.24, 2.45) is 0 Å². The van der Waals surface area contributed by atoms with Gasteiger partial charge in [-0.1, -0.05) is 23.7 Å². The summed E-state index contributed by atoms with van der Waals surface area (Å²) in [7, 11) is 0. The highest BCUT2D eigenvalue weighted by Gasteiger charge is 2.13. The second-order valence-electron chi connectivity index (χ2n) is 9.04. The van der Waals surface area contributed by atoms with Crippen LogP contribution in [0.4, 0.5) is 16.3 Å². The molecule has 0 radical (unpaired) electrons. The highest BCUT2D eigenvalue weighted by Crippen LogP contribution is 2.29. The van der Waals surface area contributed by atoms with Gasteiger partial charge in [-0.3, -0.25) is 14.7 Å². The molecule has 2 aromatic carbocycles. The van der Waals surface area contributed by atoms with Gasteiger partial charge in [0.05, 0.1) is 25.3 Å². The van der Waals surface area contributed by atoms with Crippen LogP contribution in [0.2, 0.25) is 5.02 Å². The summed E-state index contributed by atoms with van der Waals surface area (Å²) in [6, 6.07) is 14.5. The van der Waals surface area contributed by atoms with Crippen LogP contribution in [0, 0.1) is 0 Å². The van der Waals surface area contributed by atoms with Crippen molar-refractivity contribution in [3.05, 3.63) is 77.8 Å². The zero-order valence-electron chi connectivity index (χ0n) is 21.2. The fourth-order valence-corrected chi connectivity index (χ4v) is 4.46. The Labute approximate surface area is 230 Å². The number of nitrogens with zero attached hydrogens (tertiary/aromatic N) is 4. The maximum absolute atomic E-state index is 12.8. The number of benzene rings is 2. The molecule has 1 aliphatic heterocycles. The molecule has 0 bridgehead atoms. The van der Waals surface area contributed by atoms with Crippen LogP contribution >= 0.6 is 11.6 Å². The van der Waals surface area contributed by atoms with Crippen LogP contribution in [0.15, 0.2) is 67.3 Å². The van der Waals surface area contributed by atoms with E-state index in [1.165, 1.54) is 12.5 Å². The van der Waals surface area contributed by atoms with Crippen molar-refractivity contribution in [1.29, 1.82) is 0 Å². The monoisotopic (exact) mass is 545 g/mol. The number of fused-ring (bicyclic) bond motifs is 1. The minimum atomic E-state index is -0.380. The molecule has 4 aromatic rings. The number of Topliss-reactive ketones (excluding diaryl/α,β-unsaturated/α-hetero) is 1. The Morgan fingerprint density at radius 1 is 0.974 bits per heavy atom. The third-order valence-electron chi connectivity index (χ3n) is 6.34. The molecule has 3 N–H and O–H groups in total. The SMILES string of the molecule is O=C(NCCN1CCOCC1)NCC(=O)c1cncc(-c2ccc3ncnc(Nc4cccc(Cl)c4)c3c2)c1. The molecule has 39 heavy (non-hydrogen) atoms. The van der Waals surface area contributed by atoms with Crippen molar-refractivity contribution in [2.75, 3.05) is 51.3 Å². The molecule has 1 saturated heterocycles. The number of carbonyl (C=O) groups excluding carboxylic acids is 2. The van der Waals surface area contributed by atoms with Gasteiger partial charge in [0.15, 0.2) is 5.78 Å². The molecule has 11 heteroatoms. The first-order valence-corrected chi connectivity index (χ1v) is 13.0. The van der Waals surface area contributed by atoms with Gasteiger partial charge in [0.25, 0.3) is 0 Å². The topological polar surface area (TPSA) is 121 Å². The molecule has 0 aliphatic carbocycles. The zero-order chi connectivity index (χ0) is 27.0. The smallest absolute Gasteiger partial charge is 0.315 e. The van der Waals surface area contributed by atoms with Gasteiger partial charge in [-0.05, 0) is 42.0 Å². The number of hydrogen-bond acceptors (Lipinski definition) is 8. The zero-order valence-corrected chi connectivity index (χ0v) is 21.9. The molecule has 0 saturated carbocycles. The molecule has 1 aliphatic rings. The molecule has 3 heterocycles. The third kappa shape index (κ3) is 7.05. The van der Waals surface area contributed by atoms with E-state index in [2.05, 4.69) is 35.8 Å². The average molecular weight is 546 g/mol. The second-order valence-corrected chi connectivity index (χ2v) is 9.47. The summed E-state index contributed by atoms with van der Waals surface area (Å²) in [6.45, 7) is 4.24. The van der Waals surface area contributed by atoms with E-state index in [1.807, 2.05) is 36.4 Å². The molecular formula is C28H28ClN7O3. The molecule has 5 rings (SSSR count). The van der Waals surface area contributed by atoms with Crippen LogP contribution in [0.1, 0.15) is 10.4 Å². The number of halogens is 1. The Bertz CT molecular complexity index is 1480. The lowest BCUT2D eigenvalue weighted by Crippen LogP contribution is -2.44. The lowest BCUT2D eigenvalue weighted by Gasteiger charge is -2.26. The quantitative estimate of drug-likeness (QED) is 0.271. The number of urea groups is 1. The van der Waals surface area contributed by atoms with E-state index in [1.54, 1.807) is 18.3 Å². The first-order valence-electron chi connectivity index (χ1n) is 12.6. The molecular weight excluding hydrogens is 518 g/mol. The van der Waals surface area contributed by atoms with Gasteiger partial charge >= 0.3 is 6.03 Å². The summed E-state index contributed by atoms with van der Waals surface area (Å²) < 4.78 is 5.32. The van der Waals surface area contributed by atoms with Crippen molar-refractivity contribution >= 4 is 45.8 Å². The van der Waals surface area contributed by atoms with Gasteiger partial charge in [0.2, 0.25) is 0 Å². The van der Waals surface area contributed by atoms with Crippen molar-refractivity contribution in [3.63, 3.8) is 0 Å². The highest BCUT2D eigenvalue weighted by atomic mass is 35.5. The summed E-state index contributed by atoms with van der Waals surface area (Å²) in [6.07, 6.45) is 4.69. The number of hydrogen-bond donors (Lipinski definition) is 3. The van der Waals surface area contributed by atoms with Crippen LogP contribution in [-0.4, -0.2) is 77.6 Å². The number of ether oxygens (including phenoxy) is 1. The Kier molecular flexibility index (Phi) is 8.57. The maximum Gasteiger partial charge on any atom is 0.315 e. The molecule has 0 atom stereocenters. The number of ketones is 1. The molecule has 1 fully saturated rings. The van der Waals surface area contributed by atoms with Gasteiger partial charge in [-0.2, -0.15) is 0 Å². The molecule has 2 aromatic heterocycles. The Morgan fingerprint density at radius 3 is 2.69 bits per heavy atom. The average Bonchev–Trinajstić information content (AvgIpc) is 2.96. The summed E-state index contributed by atoms with van der Waals surface area (Å²) in [5.74, 6) is 0.397. The number of pyridine rings is 1. The lowest BCUT2D eigenvalue weighted by molar-refractivity contribution is 0.0387. The predicted octanol–water partition coefficient (Wildman–Crippen LogP) is 3.90. The standard InChI is InChI=1S/C28H28ClN7O3/c29-22-2-1-3-23(14-22)35-27-24-13-19(4-5-25(24)33-18-34-27)20-12-21(16-30-15-20)26(37)17-32-28(38)31-6-7-36-8-10-39-11-9-36/h1-5,12-16,18H,6-11,17H2,(H2,31,32,38)(H,33,34,35). The fraction of sp³-hybridized carbons (Fsp3) is 0.250. The van der Waals surface area contributed by atoms with E-state index in [4.69, 9.17) is 16.3 Å². The van der Waals surface area contributed by atoms with Crippen molar-refractivity contribution in [3.8, 4) is 11.1 Å².